The maximum absolute atomic E-state index is 12.0. The summed E-state index contributed by atoms with van der Waals surface area (Å²) >= 11 is 0. The van der Waals surface area contributed by atoms with Gasteiger partial charge < -0.3 is 10.1 Å². The lowest BCUT2D eigenvalue weighted by atomic mass is 9.81. The summed E-state index contributed by atoms with van der Waals surface area (Å²) in [4.78, 5) is 12.0. The van der Waals surface area contributed by atoms with Crippen LogP contribution in [0.3, 0.4) is 0 Å². The summed E-state index contributed by atoms with van der Waals surface area (Å²) in [6.07, 6.45) is 2.91. The molecule has 1 aliphatic heterocycles. The Labute approximate surface area is 109 Å². The zero-order chi connectivity index (χ0) is 12.8. The standard InChI is InChI=1S/C15H21NO2/c1-18-15(17)14(13-7-9-16-10-8-13)11-12-5-3-2-4-6-12/h2-6,13-14,16H,7-11H2,1H3. The Bertz CT molecular complexity index is 371. The van der Waals surface area contributed by atoms with Gasteiger partial charge in [-0.1, -0.05) is 30.3 Å². The molecule has 0 aromatic heterocycles. The predicted molar refractivity (Wildman–Crippen MR) is 71.2 cm³/mol. The molecule has 0 spiro atoms. The van der Waals surface area contributed by atoms with Gasteiger partial charge in [0.2, 0.25) is 0 Å². The average Bonchev–Trinajstić information content (AvgIpc) is 2.46. The molecule has 3 heteroatoms. The highest BCUT2D eigenvalue weighted by molar-refractivity contribution is 5.73. The van der Waals surface area contributed by atoms with Gasteiger partial charge in [-0.25, -0.2) is 0 Å². The molecule has 1 unspecified atom stereocenters. The maximum atomic E-state index is 12.0. The summed E-state index contributed by atoms with van der Waals surface area (Å²) in [6.45, 7) is 2.01. The Morgan fingerprint density at radius 1 is 1.33 bits per heavy atom. The smallest absolute Gasteiger partial charge is 0.309 e. The van der Waals surface area contributed by atoms with E-state index < -0.39 is 0 Å². The fraction of sp³-hybridized carbons (Fsp3) is 0.533. The van der Waals surface area contributed by atoms with Crippen LogP contribution in [0.15, 0.2) is 30.3 Å². The third-order valence-corrected chi connectivity index (χ3v) is 3.76. The number of esters is 1. The Kier molecular flexibility index (Phi) is 4.76. The van der Waals surface area contributed by atoms with Crippen molar-refractivity contribution in [1.29, 1.82) is 0 Å². The number of methoxy groups -OCH3 is 1. The van der Waals surface area contributed by atoms with Gasteiger partial charge in [0.15, 0.2) is 0 Å². The fourth-order valence-corrected chi connectivity index (χ4v) is 2.71. The van der Waals surface area contributed by atoms with Crippen molar-refractivity contribution >= 4 is 5.97 Å². The molecular weight excluding hydrogens is 226 g/mol. The van der Waals surface area contributed by atoms with Crippen LogP contribution in [0.25, 0.3) is 0 Å². The van der Waals surface area contributed by atoms with Gasteiger partial charge in [-0.2, -0.15) is 0 Å². The van der Waals surface area contributed by atoms with Crippen LogP contribution in [0.5, 0.6) is 0 Å². The first-order valence-electron chi connectivity index (χ1n) is 6.63. The second kappa shape index (κ2) is 6.55. The molecule has 1 fully saturated rings. The third kappa shape index (κ3) is 3.33. The van der Waals surface area contributed by atoms with E-state index in [4.69, 9.17) is 4.74 Å². The van der Waals surface area contributed by atoms with Crippen molar-refractivity contribution in [2.24, 2.45) is 11.8 Å². The lowest BCUT2D eigenvalue weighted by Crippen LogP contribution is -2.36. The minimum absolute atomic E-state index is 0.000463. The minimum Gasteiger partial charge on any atom is -0.469 e. The lowest BCUT2D eigenvalue weighted by Gasteiger charge is -2.29. The first-order valence-corrected chi connectivity index (χ1v) is 6.63. The van der Waals surface area contributed by atoms with Gasteiger partial charge >= 0.3 is 5.97 Å². The molecule has 0 saturated carbocycles. The largest absolute Gasteiger partial charge is 0.469 e. The number of hydrogen-bond donors (Lipinski definition) is 1. The van der Waals surface area contributed by atoms with E-state index in [0.29, 0.717) is 5.92 Å². The highest BCUT2D eigenvalue weighted by Gasteiger charge is 2.30. The van der Waals surface area contributed by atoms with E-state index in [2.05, 4.69) is 17.4 Å². The van der Waals surface area contributed by atoms with Crippen LogP contribution in [-0.2, 0) is 16.0 Å². The van der Waals surface area contributed by atoms with Crippen LogP contribution >= 0.6 is 0 Å². The second-order valence-electron chi connectivity index (χ2n) is 4.91. The van der Waals surface area contributed by atoms with Crippen molar-refractivity contribution in [2.75, 3.05) is 20.2 Å². The summed E-state index contributed by atoms with van der Waals surface area (Å²) in [6, 6.07) is 10.2. The van der Waals surface area contributed by atoms with Crippen LogP contribution in [0.1, 0.15) is 18.4 Å². The molecule has 1 heterocycles. The highest BCUT2D eigenvalue weighted by Crippen LogP contribution is 2.26. The van der Waals surface area contributed by atoms with Gasteiger partial charge in [0, 0.05) is 0 Å². The Hall–Kier alpha value is -1.35. The van der Waals surface area contributed by atoms with Crippen molar-refractivity contribution in [3.05, 3.63) is 35.9 Å². The number of piperidine rings is 1. The highest BCUT2D eigenvalue weighted by atomic mass is 16.5. The zero-order valence-corrected chi connectivity index (χ0v) is 10.9. The van der Waals surface area contributed by atoms with Gasteiger partial charge in [0.25, 0.3) is 0 Å². The topological polar surface area (TPSA) is 38.3 Å². The van der Waals surface area contributed by atoms with Crippen molar-refractivity contribution in [3.63, 3.8) is 0 Å². The number of hydrogen-bond acceptors (Lipinski definition) is 3. The molecule has 1 N–H and O–H groups in total. The number of ether oxygens (including phenoxy) is 1. The molecular formula is C15H21NO2. The minimum atomic E-state index is -0.0641. The predicted octanol–water partition coefficient (Wildman–Crippen LogP) is 2.02. The molecule has 98 valence electrons. The maximum Gasteiger partial charge on any atom is 0.309 e. The molecule has 0 radical (unpaired) electrons. The van der Waals surface area contributed by atoms with Gasteiger partial charge in [-0.3, -0.25) is 4.79 Å². The van der Waals surface area contributed by atoms with Gasteiger partial charge in [0.05, 0.1) is 13.0 Å². The lowest BCUT2D eigenvalue weighted by molar-refractivity contribution is -0.147. The Balaban J connectivity index is 2.07. The van der Waals surface area contributed by atoms with Crippen LogP contribution in [0.4, 0.5) is 0 Å². The summed E-state index contributed by atoms with van der Waals surface area (Å²) in [5.41, 5.74) is 1.21. The number of nitrogens with one attached hydrogen (secondary N) is 1. The second-order valence-corrected chi connectivity index (χ2v) is 4.91. The molecule has 1 aliphatic rings. The van der Waals surface area contributed by atoms with Crippen molar-refractivity contribution in [2.45, 2.75) is 19.3 Å². The molecule has 18 heavy (non-hydrogen) atoms. The molecule has 3 nitrogen and oxygen atoms in total. The van der Waals surface area contributed by atoms with Crippen LogP contribution < -0.4 is 5.32 Å². The normalized spacial score (nSPS) is 18.3. The van der Waals surface area contributed by atoms with Gasteiger partial charge in [-0.05, 0) is 43.8 Å². The van der Waals surface area contributed by atoms with E-state index >= 15 is 0 Å². The Morgan fingerprint density at radius 3 is 2.61 bits per heavy atom. The molecule has 0 aliphatic carbocycles. The number of benzene rings is 1. The molecule has 2 rings (SSSR count). The summed E-state index contributed by atoms with van der Waals surface area (Å²) in [5, 5.41) is 3.34. The van der Waals surface area contributed by atoms with E-state index in [-0.39, 0.29) is 11.9 Å². The van der Waals surface area contributed by atoms with Crippen molar-refractivity contribution in [1.82, 2.24) is 5.32 Å². The molecule has 1 saturated heterocycles. The SMILES string of the molecule is COC(=O)C(Cc1ccccc1)C1CCNCC1. The first kappa shape index (κ1) is 13.1. The van der Waals surface area contributed by atoms with Gasteiger partial charge in [0.1, 0.15) is 0 Å². The van der Waals surface area contributed by atoms with Crippen LogP contribution in [-0.4, -0.2) is 26.2 Å². The zero-order valence-electron chi connectivity index (χ0n) is 10.9. The molecule has 1 aromatic carbocycles. The number of carbonyl (C=O) groups excluding carboxylic acids is 1. The quantitative estimate of drug-likeness (QED) is 0.827. The van der Waals surface area contributed by atoms with Crippen LogP contribution in [0, 0.1) is 11.8 Å². The Morgan fingerprint density at radius 2 is 2.00 bits per heavy atom. The number of carbonyl (C=O) groups is 1. The van der Waals surface area contributed by atoms with E-state index in [0.717, 1.165) is 32.4 Å². The van der Waals surface area contributed by atoms with E-state index in [9.17, 15) is 4.79 Å². The van der Waals surface area contributed by atoms with Crippen molar-refractivity contribution < 1.29 is 9.53 Å². The number of rotatable bonds is 4. The molecule has 1 atom stereocenters. The van der Waals surface area contributed by atoms with Gasteiger partial charge in [-0.15, -0.1) is 0 Å². The first-order chi connectivity index (χ1) is 8.81. The summed E-state index contributed by atoms with van der Waals surface area (Å²) in [5.74, 6) is 0.379. The molecule has 0 amide bonds. The van der Waals surface area contributed by atoms with Crippen molar-refractivity contribution in [3.8, 4) is 0 Å². The molecule has 0 bridgehead atoms. The summed E-state index contributed by atoms with van der Waals surface area (Å²) < 4.78 is 4.98. The van der Waals surface area contributed by atoms with E-state index in [1.807, 2.05) is 18.2 Å². The summed E-state index contributed by atoms with van der Waals surface area (Å²) in [7, 11) is 1.49. The third-order valence-electron chi connectivity index (χ3n) is 3.76. The van der Waals surface area contributed by atoms with E-state index in [1.54, 1.807) is 0 Å². The average molecular weight is 247 g/mol. The fourth-order valence-electron chi connectivity index (χ4n) is 2.71. The monoisotopic (exact) mass is 247 g/mol. The molecule has 1 aromatic rings. The van der Waals surface area contributed by atoms with Crippen LogP contribution in [0.2, 0.25) is 0 Å². The van der Waals surface area contributed by atoms with E-state index in [1.165, 1.54) is 12.7 Å².